The summed E-state index contributed by atoms with van der Waals surface area (Å²) < 4.78 is 5.69. The molecule has 24 heavy (non-hydrogen) atoms. The predicted molar refractivity (Wildman–Crippen MR) is 92.1 cm³/mol. The second-order valence-electron chi connectivity index (χ2n) is 5.08. The summed E-state index contributed by atoms with van der Waals surface area (Å²) >= 11 is 0. The van der Waals surface area contributed by atoms with E-state index in [9.17, 15) is 4.79 Å². The van der Waals surface area contributed by atoms with Gasteiger partial charge in [-0.3, -0.25) is 4.79 Å². The number of para-hydroxylation sites is 1. The predicted octanol–water partition coefficient (Wildman–Crippen LogP) is 4.60. The molecule has 0 radical (unpaired) electrons. The van der Waals surface area contributed by atoms with Crippen molar-refractivity contribution in [2.75, 3.05) is 5.32 Å². The molecule has 116 valence electrons. The number of nitrogens with zero attached hydrogens (tertiary/aromatic N) is 1. The number of nitrogens with one attached hydrogen (secondary N) is 1. The quantitative estimate of drug-likeness (QED) is 0.765. The molecule has 0 heterocycles. The van der Waals surface area contributed by atoms with Crippen LogP contribution in [-0.2, 0) is 0 Å². The van der Waals surface area contributed by atoms with Gasteiger partial charge in [-0.1, -0.05) is 18.2 Å². The van der Waals surface area contributed by atoms with Crippen LogP contribution in [0.5, 0.6) is 11.5 Å². The van der Waals surface area contributed by atoms with Crippen molar-refractivity contribution in [1.82, 2.24) is 0 Å². The summed E-state index contributed by atoms with van der Waals surface area (Å²) in [5, 5.41) is 11.6. The molecule has 4 nitrogen and oxygen atoms in total. The van der Waals surface area contributed by atoms with Gasteiger partial charge in [0.15, 0.2) is 0 Å². The average Bonchev–Trinajstić information content (AvgIpc) is 2.64. The molecule has 3 rings (SSSR count). The van der Waals surface area contributed by atoms with Gasteiger partial charge in [-0.2, -0.15) is 5.26 Å². The maximum atomic E-state index is 12.2. The largest absolute Gasteiger partial charge is 0.457 e. The Hall–Kier alpha value is -3.58. The molecule has 0 aliphatic carbocycles. The Morgan fingerprint density at radius 3 is 2.08 bits per heavy atom. The summed E-state index contributed by atoms with van der Waals surface area (Å²) in [6.45, 7) is 0. The highest BCUT2D eigenvalue weighted by atomic mass is 16.5. The van der Waals surface area contributed by atoms with Gasteiger partial charge in [-0.25, -0.2) is 0 Å². The third kappa shape index (κ3) is 3.79. The van der Waals surface area contributed by atoms with Gasteiger partial charge >= 0.3 is 0 Å². The van der Waals surface area contributed by atoms with Crippen molar-refractivity contribution >= 4 is 11.6 Å². The lowest BCUT2D eigenvalue weighted by molar-refractivity contribution is 0.102. The van der Waals surface area contributed by atoms with Gasteiger partial charge in [0.25, 0.3) is 5.91 Å². The van der Waals surface area contributed by atoms with Crippen LogP contribution in [0.2, 0.25) is 0 Å². The molecule has 0 saturated carbocycles. The fourth-order valence-corrected chi connectivity index (χ4v) is 2.13. The zero-order valence-corrected chi connectivity index (χ0v) is 12.8. The number of carbonyl (C=O) groups excluding carboxylic acids is 1. The molecule has 3 aromatic rings. The summed E-state index contributed by atoms with van der Waals surface area (Å²) in [5.41, 5.74) is 1.72. The van der Waals surface area contributed by atoms with E-state index in [1.54, 1.807) is 48.5 Å². The number of amides is 1. The molecule has 0 bridgehead atoms. The fraction of sp³-hybridized carbons (Fsp3) is 0. The van der Waals surface area contributed by atoms with E-state index in [0.29, 0.717) is 22.6 Å². The van der Waals surface area contributed by atoms with Gasteiger partial charge in [-0.15, -0.1) is 0 Å². The number of hydrogen-bond acceptors (Lipinski definition) is 3. The normalized spacial score (nSPS) is 9.79. The van der Waals surface area contributed by atoms with Crippen LogP contribution in [0, 0.1) is 11.3 Å². The molecule has 0 aromatic heterocycles. The van der Waals surface area contributed by atoms with Crippen LogP contribution in [0.1, 0.15) is 15.9 Å². The first-order valence-corrected chi connectivity index (χ1v) is 7.39. The molecule has 1 N–H and O–H groups in total. The van der Waals surface area contributed by atoms with E-state index in [1.807, 2.05) is 36.4 Å². The van der Waals surface area contributed by atoms with Crippen molar-refractivity contribution < 1.29 is 9.53 Å². The van der Waals surface area contributed by atoms with E-state index in [4.69, 9.17) is 10.00 Å². The number of anilines is 1. The van der Waals surface area contributed by atoms with Gasteiger partial charge in [0, 0.05) is 11.3 Å². The van der Waals surface area contributed by atoms with Crippen LogP contribution < -0.4 is 10.1 Å². The number of carbonyl (C=O) groups is 1. The first-order valence-electron chi connectivity index (χ1n) is 7.39. The second kappa shape index (κ2) is 7.12. The molecule has 3 aromatic carbocycles. The lowest BCUT2D eigenvalue weighted by Gasteiger charge is -2.08. The van der Waals surface area contributed by atoms with Crippen molar-refractivity contribution in [2.24, 2.45) is 0 Å². The van der Waals surface area contributed by atoms with Gasteiger partial charge in [0.1, 0.15) is 11.5 Å². The smallest absolute Gasteiger partial charge is 0.255 e. The van der Waals surface area contributed by atoms with Gasteiger partial charge in [-0.05, 0) is 60.7 Å². The van der Waals surface area contributed by atoms with Crippen molar-refractivity contribution in [3.05, 3.63) is 90.0 Å². The maximum absolute atomic E-state index is 12.2. The monoisotopic (exact) mass is 314 g/mol. The minimum absolute atomic E-state index is 0.217. The number of rotatable bonds is 4. The third-order valence-electron chi connectivity index (χ3n) is 3.37. The van der Waals surface area contributed by atoms with Gasteiger partial charge in [0.2, 0.25) is 0 Å². The highest BCUT2D eigenvalue weighted by molar-refractivity contribution is 6.04. The Labute approximate surface area is 139 Å². The Morgan fingerprint density at radius 1 is 0.833 bits per heavy atom. The SMILES string of the molecule is N#Cc1ccc(NC(=O)c2ccc(Oc3ccccc3)cc2)cc1. The number of ether oxygens (including phenoxy) is 1. The third-order valence-corrected chi connectivity index (χ3v) is 3.37. The van der Waals surface area contributed by atoms with E-state index >= 15 is 0 Å². The van der Waals surface area contributed by atoms with Gasteiger partial charge in [0.05, 0.1) is 11.6 Å². The second-order valence-corrected chi connectivity index (χ2v) is 5.08. The number of benzene rings is 3. The maximum Gasteiger partial charge on any atom is 0.255 e. The van der Waals surface area contributed by atoms with E-state index < -0.39 is 0 Å². The molecule has 0 aliphatic rings. The summed E-state index contributed by atoms with van der Waals surface area (Å²) in [6, 6.07) is 25.1. The highest BCUT2D eigenvalue weighted by Crippen LogP contribution is 2.21. The van der Waals surface area contributed by atoms with E-state index in [0.717, 1.165) is 5.75 Å². The number of hydrogen-bond donors (Lipinski definition) is 1. The standard InChI is InChI=1S/C20H14N2O2/c21-14-15-6-10-17(11-7-15)22-20(23)16-8-12-19(13-9-16)24-18-4-2-1-3-5-18/h1-13H,(H,22,23). The van der Waals surface area contributed by atoms with Gasteiger partial charge < -0.3 is 10.1 Å². The molecule has 0 spiro atoms. The molecular formula is C20H14N2O2. The van der Waals surface area contributed by atoms with E-state index in [1.165, 1.54) is 0 Å². The molecule has 0 unspecified atom stereocenters. The van der Waals surface area contributed by atoms with Crippen molar-refractivity contribution in [3.8, 4) is 17.6 Å². The summed E-state index contributed by atoms with van der Waals surface area (Å²) in [5.74, 6) is 1.19. The molecule has 0 atom stereocenters. The minimum atomic E-state index is -0.217. The van der Waals surface area contributed by atoms with Crippen molar-refractivity contribution in [2.45, 2.75) is 0 Å². The Balaban J connectivity index is 1.66. The van der Waals surface area contributed by atoms with Crippen LogP contribution >= 0.6 is 0 Å². The first kappa shape index (κ1) is 15.3. The topological polar surface area (TPSA) is 62.1 Å². The minimum Gasteiger partial charge on any atom is -0.457 e. The Bertz CT molecular complexity index is 864. The molecule has 4 heteroatoms. The molecule has 0 aliphatic heterocycles. The molecule has 1 amide bonds. The zero-order valence-electron chi connectivity index (χ0n) is 12.8. The van der Waals surface area contributed by atoms with Crippen LogP contribution in [-0.4, -0.2) is 5.91 Å². The average molecular weight is 314 g/mol. The molecular weight excluding hydrogens is 300 g/mol. The van der Waals surface area contributed by atoms with Crippen LogP contribution in [0.15, 0.2) is 78.9 Å². The molecule has 0 saturated heterocycles. The lowest BCUT2D eigenvalue weighted by Crippen LogP contribution is -2.11. The van der Waals surface area contributed by atoms with Crippen LogP contribution in [0.4, 0.5) is 5.69 Å². The first-order chi connectivity index (χ1) is 11.7. The van der Waals surface area contributed by atoms with Crippen molar-refractivity contribution in [1.29, 1.82) is 5.26 Å². The summed E-state index contributed by atoms with van der Waals surface area (Å²) in [4.78, 5) is 12.2. The Morgan fingerprint density at radius 2 is 1.46 bits per heavy atom. The Kier molecular flexibility index (Phi) is 4.55. The van der Waals surface area contributed by atoms with Crippen molar-refractivity contribution in [3.63, 3.8) is 0 Å². The lowest BCUT2D eigenvalue weighted by atomic mass is 10.2. The zero-order chi connectivity index (χ0) is 16.8. The highest BCUT2D eigenvalue weighted by Gasteiger charge is 2.06. The summed E-state index contributed by atoms with van der Waals surface area (Å²) in [7, 11) is 0. The van der Waals surface area contributed by atoms with E-state index in [-0.39, 0.29) is 5.91 Å². The van der Waals surface area contributed by atoms with E-state index in [2.05, 4.69) is 5.32 Å². The molecule has 0 fully saturated rings. The summed E-state index contributed by atoms with van der Waals surface area (Å²) in [6.07, 6.45) is 0. The van der Waals surface area contributed by atoms with Crippen LogP contribution in [0.3, 0.4) is 0 Å². The van der Waals surface area contributed by atoms with Crippen LogP contribution in [0.25, 0.3) is 0 Å². The number of nitriles is 1. The fourth-order valence-electron chi connectivity index (χ4n) is 2.13.